The van der Waals surface area contributed by atoms with Crippen molar-refractivity contribution in [2.75, 3.05) is 13.6 Å². The van der Waals surface area contributed by atoms with Gasteiger partial charge in [0.25, 0.3) is 5.56 Å². The van der Waals surface area contributed by atoms with E-state index in [1.54, 1.807) is 10.8 Å². The first kappa shape index (κ1) is 13.7. The van der Waals surface area contributed by atoms with Crippen LogP contribution in [0.1, 0.15) is 26.2 Å². The van der Waals surface area contributed by atoms with Crippen molar-refractivity contribution >= 4 is 0 Å². The molecule has 1 heterocycles. The maximum atomic E-state index is 12.0. The Labute approximate surface area is 101 Å². The van der Waals surface area contributed by atoms with Crippen LogP contribution >= 0.6 is 0 Å². The lowest BCUT2D eigenvalue weighted by Crippen LogP contribution is -2.39. The molecular formula is C12H21N3O2. The largest absolute Gasteiger partial charge is 0.330 e. The maximum absolute atomic E-state index is 12.0. The van der Waals surface area contributed by atoms with Gasteiger partial charge in [-0.05, 0) is 32.9 Å². The average molecular weight is 239 g/mol. The Balaban J connectivity index is 2.79. The van der Waals surface area contributed by atoms with Gasteiger partial charge in [0.2, 0.25) is 0 Å². The fourth-order valence-electron chi connectivity index (χ4n) is 1.75. The van der Waals surface area contributed by atoms with E-state index in [-0.39, 0.29) is 11.2 Å². The van der Waals surface area contributed by atoms with Crippen LogP contribution in [-0.2, 0) is 13.1 Å². The molecule has 17 heavy (non-hydrogen) atoms. The highest BCUT2D eigenvalue weighted by Crippen LogP contribution is 1.90. The molecule has 1 aromatic rings. The fourth-order valence-corrected chi connectivity index (χ4v) is 1.75. The highest BCUT2D eigenvalue weighted by Gasteiger charge is 2.03. The van der Waals surface area contributed by atoms with Gasteiger partial charge in [-0.2, -0.15) is 0 Å². The van der Waals surface area contributed by atoms with Gasteiger partial charge in [-0.3, -0.25) is 9.36 Å². The summed E-state index contributed by atoms with van der Waals surface area (Å²) >= 11 is 0. The molecule has 0 bridgehead atoms. The highest BCUT2D eigenvalue weighted by molar-refractivity contribution is 4.86. The third-order valence-electron chi connectivity index (χ3n) is 2.66. The van der Waals surface area contributed by atoms with Gasteiger partial charge in [0.15, 0.2) is 0 Å². The number of aryl methyl sites for hydroxylation is 1. The zero-order valence-corrected chi connectivity index (χ0v) is 10.6. The SMILES string of the molecule is CCCn1ccc(=O)n(CCCCNC)c1=O. The van der Waals surface area contributed by atoms with Crippen molar-refractivity contribution in [3.63, 3.8) is 0 Å². The summed E-state index contributed by atoms with van der Waals surface area (Å²) in [6, 6.07) is 1.47. The molecule has 0 aliphatic carbocycles. The van der Waals surface area contributed by atoms with Crippen molar-refractivity contribution in [3.8, 4) is 0 Å². The number of nitrogens with one attached hydrogen (secondary N) is 1. The van der Waals surface area contributed by atoms with E-state index < -0.39 is 0 Å². The second kappa shape index (κ2) is 7.06. The third-order valence-corrected chi connectivity index (χ3v) is 2.66. The summed E-state index contributed by atoms with van der Waals surface area (Å²) in [5, 5.41) is 3.04. The first-order valence-corrected chi connectivity index (χ1v) is 6.15. The van der Waals surface area contributed by atoms with E-state index >= 15 is 0 Å². The summed E-state index contributed by atoms with van der Waals surface area (Å²) in [7, 11) is 1.89. The lowest BCUT2D eigenvalue weighted by molar-refractivity contribution is 0.515. The number of nitrogens with zero attached hydrogens (tertiary/aromatic N) is 2. The molecule has 0 aliphatic rings. The second-order valence-electron chi connectivity index (χ2n) is 4.09. The van der Waals surface area contributed by atoms with Crippen LogP contribution < -0.4 is 16.6 Å². The van der Waals surface area contributed by atoms with E-state index in [0.29, 0.717) is 13.1 Å². The second-order valence-corrected chi connectivity index (χ2v) is 4.09. The molecule has 0 amide bonds. The molecule has 1 rings (SSSR count). The van der Waals surface area contributed by atoms with Crippen LogP contribution in [-0.4, -0.2) is 22.7 Å². The summed E-state index contributed by atoms with van der Waals surface area (Å²) in [4.78, 5) is 23.5. The van der Waals surface area contributed by atoms with E-state index in [1.165, 1.54) is 10.6 Å². The van der Waals surface area contributed by atoms with Crippen molar-refractivity contribution in [3.05, 3.63) is 33.1 Å². The van der Waals surface area contributed by atoms with Gasteiger partial charge in [0.1, 0.15) is 0 Å². The van der Waals surface area contributed by atoms with Crippen molar-refractivity contribution in [1.29, 1.82) is 0 Å². The normalized spacial score (nSPS) is 10.7. The van der Waals surface area contributed by atoms with Gasteiger partial charge in [-0.25, -0.2) is 4.79 Å². The van der Waals surface area contributed by atoms with E-state index in [4.69, 9.17) is 0 Å². The fraction of sp³-hybridized carbons (Fsp3) is 0.667. The Morgan fingerprint density at radius 2 is 2.00 bits per heavy atom. The minimum Gasteiger partial charge on any atom is -0.320 e. The quantitative estimate of drug-likeness (QED) is 0.702. The van der Waals surface area contributed by atoms with Crippen LogP contribution in [0.5, 0.6) is 0 Å². The van der Waals surface area contributed by atoms with Gasteiger partial charge in [-0.15, -0.1) is 0 Å². The Morgan fingerprint density at radius 3 is 2.65 bits per heavy atom. The Morgan fingerprint density at radius 1 is 1.24 bits per heavy atom. The van der Waals surface area contributed by atoms with Gasteiger partial charge in [0, 0.05) is 25.4 Å². The molecule has 1 N–H and O–H groups in total. The molecule has 0 saturated heterocycles. The topological polar surface area (TPSA) is 56.0 Å². The third kappa shape index (κ3) is 3.85. The number of hydrogen-bond donors (Lipinski definition) is 1. The summed E-state index contributed by atoms with van der Waals surface area (Å²) in [6.45, 7) is 4.08. The first-order valence-electron chi connectivity index (χ1n) is 6.15. The molecule has 0 fully saturated rings. The summed E-state index contributed by atoms with van der Waals surface area (Å²) in [5.41, 5.74) is -0.393. The average Bonchev–Trinajstić information content (AvgIpc) is 2.32. The van der Waals surface area contributed by atoms with Crippen LogP contribution in [0.15, 0.2) is 21.9 Å². The molecule has 0 spiro atoms. The van der Waals surface area contributed by atoms with Crippen molar-refractivity contribution in [2.24, 2.45) is 0 Å². The zero-order chi connectivity index (χ0) is 12.7. The predicted octanol–water partition coefficient (Wildman–Crippen LogP) is 0.420. The van der Waals surface area contributed by atoms with E-state index in [9.17, 15) is 9.59 Å². The van der Waals surface area contributed by atoms with Gasteiger partial charge in [-0.1, -0.05) is 6.92 Å². The smallest absolute Gasteiger partial charge is 0.320 e. The summed E-state index contributed by atoms with van der Waals surface area (Å²) < 4.78 is 2.92. The zero-order valence-electron chi connectivity index (χ0n) is 10.6. The molecule has 0 aromatic carbocycles. The molecule has 96 valence electrons. The number of rotatable bonds is 7. The summed E-state index contributed by atoms with van der Waals surface area (Å²) in [5.74, 6) is 0. The maximum Gasteiger partial charge on any atom is 0.330 e. The van der Waals surface area contributed by atoms with E-state index in [1.807, 2.05) is 14.0 Å². The van der Waals surface area contributed by atoms with Crippen LogP contribution in [0.3, 0.4) is 0 Å². The van der Waals surface area contributed by atoms with Crippen LogP contribution in [0.25, 0.3) is 0 Å². The lowest BCUT2D eigenvalue weighted by Gasteiger charge is -2.08. The minimum atomic E-state index is -0.202. The molecule has 0 atom stereocenters. The first-order chi connectivity index (χ1) is 8.20. The Hall–Kier alpha value is -1.36. The Bertz CT molecular complexity index is 448. The molecule has 5 nitrogen and oxygen atoms in total. The molecule has 0 unspecified atom stereocenters. The van der Waals surface area contributed by atoms with Crippen molar-refractivity contribution < 1.29 is 0 Å². The molecular weight excluding hydrogens is 218 g/mol. The lowest BCUT2D eigenvalue weighted by atomic mass is 10.3. The van der Waals surface area contributed by atoms with E-state index in [2.05, 4.69) is 5.32 Å². The minimum absolute atomic E-state index is 0.191. The van der Waals surface area contributed by atoms with Crippen LogP contribution in [0, 0.1) is 0 Å². The van der Waals surface area contributed by atoms with Gasteiger partial charge in [0.05, 0.1) is 0 Å². The number of unbranched alkanes of at least 4 members (excludes halogenated alkanes) is 1. The van der Waals surface area contributed by atoms with Crippen LogP contribution in [0.4, 0.5) is 0 Å². The van der Waals surface area contributed by atoms with Crippen molar-refractivity contribution in [2.45, 2.75) is 39.3 Å². The molecule has 0 aliphatic heterocycles. The molecule has 5 heteroatoms. The standard InChI is InChI=1S/C12H21N3O2/c1-3-8-14-10-6-11(16)15(12(14)17)9-5-4-7-13-2/h6,10,13H,3-5,7-9H2,1-2H3. The predicted molar refractivity (Wildman–Crippen MR) is 68.4 cm³/mol. The monoisotopic (exact) mass is 239 g/mol. The molecule has 0 saturated carbocycles. The number of hydrogen-bond acceptors (Lipinski definition) is 3. The van der Waals surface area contributed by atoms with E-state index in [0.717, 1.165) is 25.8 Å². The summed E-state index contributed by atoms with van der Waals surface area (Å²) in [6.07, 6.45) is 4.27. The van der Waals surface area contributed by atoms with Gasteiger partial charge >= 0.3 is 5.69 Å². The number of aromatic nitrogens is 2. The molecule has 0 radical (unpaired) electrons. The Kier molecular flexibility index (Phi) is 5.69. The van der Waals surface area contributed by atoms with Gasteiger partial charge < -0.3 is 9.88 Å². The van der Waals surface area contributed by atoms with Crippen molar-refractivity contribution in [1.82, 2.24) is 14.5 Å². The highest BCUT2D eigenvalue weighted by atomic mass is 16.2. The molecule has 1 aromatic heterocycles. The van der Waals surface area contributed by atoms with Crippen LogP contribution in [0.2, 0.25) is 0 Å².